The van der Waals surface area contributed by atoms with E-state index in [0.29, 0.717) is 21.7 Å². The van der Waals surface area contributed by atoms with Crippen LogP contribution in [-0.4, -0.2) is 24.5 Å². The SMILES string of the molecule is Nc1nc(Nc2cc(Cl)ccc2Cl)nc(-n2ccnc2)n1. The molecular weight excluding hydrogens is 313 g/mol. The Morgan fingerprint density at radius 1 is 1.14 bits per heavy atom. The molecule has 3 rings (SSSR count). The smallest absolute Gasteiger partial charge is 0.241 e. The maximum absolute atomic E-state index is 6.09. The maximum Gasteiger partial charge on any atom is 0.241 e. The highest BCUT2D eigenvalue weighted by molar-refractivity contribution is 6.35. The number of nitrogen functional groups attached to an aromatic ring is 1. The highest BCUT2D eigenvalue weighted by Gasteiger charge is 2.08. The number of hydrogen-bond donors (Lipinski definition) is 2. The molecular formula is C12H9Cl2N7. The minimum absolute atomic E-state index is 0.0781. The number of halogens is 2. The van der Waals surface area contributed by atoms with Crippen LogP contribution in [0.4, 0.5) is 17.6 Å². The minimum Gasteiger partial charge on any atom is -0.368 e. The molecule has 0 bridgehead atoms. The molecule has 0 saturated heterocycles. The van der Waals surface area contributed by atoms with E-state index in [1.54, 1.807) is 41.5 Å². The standard InChI is InChI=1S/C12H9Cl2N7/c13-7-1-2-8(14)9(5-7)17-11-18-10(15)19-12(20-11)21-4-3-16-6-21/h1-6H,(H3,15,17,18,19,20). The highest BCUT2D eigenvalue weighted by atomic mass is 35.5. The van der Waals surface area contributed by atoms with Gasteiger partial charge in [0.2, 0.25) is 17.8 Å². The number of anilines is 3. The lowest BCUT2D eigenvalue weighted by Gasteiger charge is -2.09. The molecule has 21 heavy (non-hydrogen) atoms. The summed E-state index contributed by atoms with van der Waals surface area (Å²) >= 11 is 12.0. The molecule has 0 unspecified atom stereocenters. The Hall–Kier alpha value is -2.38. The Kier molecular flexibility index (Phi) is 3.59. The van der Waals surface area contributed by atoms with E-state index in [0.717, 1.165) is 0 Å². The molecule has 0 spiro atoms. The molecule has 3 aromatic rings. The van der Waals surface area contributed by atoms with Crippen molar-refractivity contribution in [1.82, 2.24) is 24.5 Å². The van der Waals surface area contributed by atoms with Gasteiger partial charge < -0.3 is 11.1 Å². The average molecular weight is 322 g/mol. The number of nitrogens with zero attached hydrogens (tertiary/aromatic N) is 5. The van der Waals surface area contributed by atoms with Gasteiger partial charge in [0.15, 0.2) is 0 Å². The summed E-state index contributed by atoms with van der Waals surface area (Å²) in [6.45, 7) is 0. The van der Waals surface area contributed by atoms with Crippen LogP contribution in [0.15, 0.2) is 36.9 Å². The summed E-state index contributed by atoms with van der Waals surface area (Å²) in [5.41, 5.74) is 6.27. The Morgan fingerprint density at radius 2 is 2.00 bits per heavy atom. The molecule has 0 aliphatic heterocycles. The van der Waals surface area contributed by atoms with E-state index in [1.807, 2.05) is 0 Å². The van der Waals surface area contributed by atoms with Gasteiger partial charge in [-0.15, -0.1) is 0 Å². The quantitative estimate of drug-likeness (QED) is 0.770. The molecule has 0 radical (unpaired) electrons. The predicted molar refractivity (Wildman–Crippen MR) is 81.1 cm³/mol. The molecule has 2 aromatic heterocycles. The molecule has 7 nitrogen and oxygen atoms in total. The molecule has 3 N–H and O–H groups in total. The fourth-order valence-electron chi connectivity index (χ4n) is 1.64. The van der Waals surface area contributed by atoms with Crippen molar-refractivity contribution in [3.63, 3.8) is 0 Å². The van der Waals surface area contributed by atoms with Gasteiger partial charge in [-0.2, -0.15) is 15.0 Å². The molecule has 0 saturated carbocycles. The van der Waals surface area contributed by atoms with E-state index in [-0.39, 0.29) is 11.9 Å². The van der Waals surface area contributed by atoms with E-state index in [1.165, 1.54) is 0 Å². The fourth-order valence-corrected chi connectivity index (χ4v) is 1.98. The van der Waals surface area contributed by atoms with Crippen molar-refractivity contribution in [3.8, 4) is 5.95 Å². The first-order valence-corrected chi connectivity index (χ1v) is 6.59. The number of imidazole rings is 1. The number of aromatic nitrogens is 5. The zero-order valence-electron chi connectivity index (χ0n) is 10.5. The molecule has 9 heteroatoms. The van der Waals surface area contributed by atoms with Crippen molar-refractivity contribution in [2.45, 2.75) is 0 Å². The van der Waals surface area contributed by atoms with Crippen molar-refractivity contribution in [2.24, 2.45) is 0 Å². The molecule has 0 aliphatic rings. The lowest BCUT2D eigenvalue weighted by molar-refractivity contribution is 0.906. The third kappa shape index (κ3) is 3.04. The number of hydrogen-bond acceptors (Lipinski definition) is 6. The maximum atomic E-state index is 6.09. The summed E-state index contributed by atoms with van der Waals surface area (Å²) in [5.74, 6) is 0.686. The largest absolute Gasteiger partial charge is 0.368 e. The van der Waals surface area contributed by atoms with Crippen molar-refractivity contribution in [3.05, 3.63) is 47.0 Å². The van der Waals surface area contributed by atoms with E-state index < -0.39 is 0 Å². The van der Waals surface area contributed by atoms with Gasteiger partial charge in [0.1, 0.15) is 6.33 Å². The second-order valence-corrected chi connectivity index (χ2v) is 4.88. The van der Waals surface area contributed by atoms with Gasteiger partial charge in [0.05, 0.1) is 10.7 Å². The van der Waals surface area contributed by atoms with Crippen molar-refractivity contribution < 1.29 is 0 Å². The summed E-state index contributed by atoms with van der Waals surface area (Å²) in [4.78, 5) is 16.2. The van der Waals surface area contributed by atoms with Crippen LogP contribution in [0.1, 0.15) is 0 Å². The van der Waals surface area contributed by atoms with Crippen molar-refractivity contribution in [1.29, 1.82) is 0 Å². The Morgan fingerprint density at radius 3 is 2.76 bits per heavy atom. The zero-order valence-corrected chi connectivity index (χ0v) is 12.0. The summed E-state index contributed by atoms with van der Waals surface area (Å²) in [7, 11) is 0. The van der Waals surface area contributed by atoms with Crippen LogP contribution < -0.4 is 11.1 Å². The Balaban J connectivity index is 1.97. The third-order valence-corrected chi connectivity index (χ3v) is 3.12. The van der Waals surface area contributed by atoms with Crippen LogP contribution in [0.5, 0.6) is 0 Å². The first-order chi connectivity index (χ1) is 10.1. The molecule has 0 fully saturated rings. The second-order valence-electron chi connectivity index (χ2n) is 4.04. The first kappa shape index (κ1) is 13.6. The van der Waals surface area contributed by atoms with E-state index >= 15 is 0 Å². The van der Waals surface area contributed by atoms with Crippen LogP contribution in [-0.2, 0) is 0 Å². The molecule has 1 aromatic carbocycles. The number of nitrogens with one attached hydrogen (secondary N) is 1. The summed E-state index contributed by atoms with van der Waals surface area (Å²) in [6.07, 6.45) is 4.87. The lowest BCUT2D eigenvalue weighted by Crippen LogP contribution is -2.08. The summed E-state index contributed by atoms with van der Waals surface area (Å²) in [5, 5.41) is 3.99. The first-order valence-electron chi connectivity index (χ1n) is 5.84. The number of nitrogens with two attached hydrogens (primary N) is 1. The van der Waals surface area contributed by atoms with Crippen molar-refractivity contribution >= 4 is 40.8 Å². The molecule has 2 heterocycles. The monoisotopic (exact) mass is 321 g/mol. The Labute approximate surface area is 129 Å². The van der Waals surface area contributed by atoms with Gasteiger partial charge in [0.25, 0.3) is 0 Å². The van der Waals surface area contributed by atoms with Crippen LogP contribution in [0, 0.1) is 0 Å². The van der Waals surface area contributed by atoms with E-state index in [4.69, 9.17) is 28.9 Å². The summed E-state index contributed by atoms with van der Waals surface area (Å²) in [6, 6.07) is 5.03. The average Bonchev–Trinajstić information content (AvgIpc) is 2.96. The van der Waals surface area contributed by atoms with Gasteiger partial charge >= 0.3 is 0 Å². The number of rotatable bonds is 3. The zero-order chi connectivity index (χ0) is 14.8. The Bertz CT molecular complexity index is 773. The van der Waals surface area contributed by atoms with Crippen LogP contribution in [0.25, 0.3) is 5.95 Å². The fraction of sp³-hybridized carbons (Fsp3) is 0. The molecule has 0 amide bonds. The van der Waals surface area contributed by atoms with E-state index in [9.17, 15) is 0 Å². The van der Waals surface area contributed by atoms with Crippen LogP contribution in [0.2, 0.25) is 10.0 Å². The van der Waals surface area contributed by atoms with Crippen molar-refractivity contribution in [2.75, 3.05) is 11.1 Å². The number of benzene rings is 1. The highest BCUT2D eigenvalue weighted by Crippen LogP contribution is 2.27. The molecule has 0 aliphatic carbocycles. The second kappa shape index (κ2) is 5.55. The topological polar surface area (TPSA) is 94.5 Å². The van der Waals surface area contributed by atoms with Gasteiger partial charge in [-0.05, 0) is 18.2 Å². The van der Waals surface area contributed by atoms with Gasteiger partial charge in [-0.1, -0.05) is 23.2 Å². The van der Waals surface area contributed by atoms with E-state index in [2.05, 4.69) is 25.3 Å². The molecule has 106 valence electrons. The van der Waals surface area contributed by atoms with Crippen LogP contribution >= 0.6 is 23.2 Å². The predicted octanol–water partition coefficient (Wildman–Crippen LogP) is 2.69. The third-order valence-electron chi connectivity index (χ3n) is 2.55. The van der Waals surface area contributed by atoms with Gasteiger partial charge in [-0.3, -0.25) is 4.57 Å². The van der Waals surface area contributed by atoms with Gasteiger partial charge in [0, 0.05) is 17.4 Å². The minimum atomic E-state index is 0.0781. The lowest BCUT2D eigenvalue weighted by atomic mass is 10.3. The van der Waals surface area contributed by atoms with Crippen LogP contribution in [0.3, 0.4) is 0 Å². The molecule has 0 atom stereocenters. The summed E-state index contributed by atoms with van der Waals surface area (Å²) < 4.78 is 1.61. The van der Waals surface area contributed by atoms with Gasteiger partial charge in [-0.25, -0.2) is 4.98 Å². The normalized spacial score (nSPS) is 10.6.